The molecule has 2 aromatic heterocycles. The average molecular weight is 324 g/mol. The third-order valence-corrected chi connectivity index (χ3v) is 3.75. The number of amides is 1. The van der Waals surface area contributed by atoms with E-state index in [1.165, 1.54) is 0 Å². The molecule has 7 heteroatoms. The molecular formula is C17H20N6O. The third-order valence-electron chi connectivity index (χ3n) is 3.75. The summed E-state index contributed by atoms with van der Waals surface area (Å²) in [5.74, 6) is 0.786. The first-order chi connectivity index (χ1) is 11.4. The molecule has 1 aromatic carbocycles. The number of nitrogens with zero attached hydrogens (tertiary/aromatic N) is 4. The summed E-state index contributed by atoms with van der Waals surface area (Å²) in [5, 5.41) is 0. The Morgan fingerprint density at radius 3 is 2.71 bits per heavy atom. The lowest BCUT2D eigenvalue weighted by Gasteiger charge is -2.16. The summed E-state index contributed by atoms with van der Waals surface area (Å²) in [5.41, 5.74) is 8.60. The van der Waals surface area contributed by atoms with Gasteiger partial charge in [0.05, 0.1) is 17.6 Å². The van der Waals surface area contributed by atoms with E-state index in [0.717, 1.165) is 22.6 Å². The molecule has 0 bridgehead atoms. The fourth-order valence-corrected chi connectivity index (χ4v) is 2.46. The number of fused-ring (bicyclic) bond motifs is 1. The Kier molecular flexibility index (Phi) is 4.16. The van der Waals surface area contributed by atoms with Crippen molar-refractivity contribution in [1.82, 2.24) is 24.8 Å². The number of carbonyl (C=O) groups is 1. The lowest BCUT2D eigenvalue weighted by molar-refractivity contribution is 0.0776. The van der Waals surface area contributed by atoms with Gasteiger partial charge in [0, 0.05) is 12.7 Å². The zero-order valence-electron chi connectivity index (χ0n) is 13.9. The summed E-state index contributed by atoms with van der Waals surface area (Å²) in [6, 6.07) is 9.44. The largest absolute Gasteiger partial charge is 0.368 e. The van der Waals surface area contributed by atoms with E-state index < -0.39 is 0 Å². The number of nitrogens with one attached hydrogen (secondary N) is 1. The van der Waals surface area contributed by atoms with Crippen LogP contribution in [0.5, 0.6) is 0 Å². The third kappa shape index (κ3) is 3.19. The SMILES string of the molecule is CC(C)c1cc(C(=O)N(C)Cc2nc3ccccc3[nH]2)nc(N)n1. The topological polar surface area (TPSA) is 101 Å². The van der Waals surface area contributed by atoms with Crippen molar-refractivity contribution in [3.05, 3.63) is 47.5 Å². The first-order valence-corrected chi connectivity index (χ1v) is 7.77. The maximum atomic E-state index is 12.6. The van der Waals surface area contributed by atoms with Gasteiger partial charge in [-0.3, -0.25) is 4.79 Å². The zero-order valence-corrected chi connectivity index (χ0v) is 13.9. The molecule has 3 aromatic rings. The molecule has 0 saturated heterocycles. The molecule has 1 amide bonds. The number of benzene rings is 1. The number of nitrogen functional groups attached to an aromatic ring is 1. The summed E-state index contributed by atoms with van der Waals surface area (Å²) in [4.78, 5) is 30.1. The number of hydrogen-bond donors (Lipinski definition) is 2. The highest BCUT2D eigenvalue weighted by Crippen LogP contribution is 2.16. The van der Waals surface area contributed by atoms with Gasteiger partial charge in [-0.2, -0.15) is 0 Å². The zero-order chi connectivity index (χ0) is 17.3. The molecule has 0 radical (unpaired) electrons. The lowest BCUT2D eigenvalue weighted by atomic mass is 10.1. The predicted octanol–water partition coefficient (Wildman–Crippen LogP) is 2.33. The van der Waals surface area contributed by atoms with Crippen molar-refractivity contribution in [1.29, 1.82) is 0 Å². The summed E-state index contributed by atoms with van der Waals surface area (Å²) in [6.45, 7) is 4.34. The molecule has 124 valence electrons. The molecular weight excluding hydrogens is 304 g/mol. The van der Waals surface area contributed by atoms with Gasteiger partial charge in [-0.05, 0) is 24.1 Å². The van der Waals surface area contributed by atoms with E-state index in [-0.39, 0.29) is 17.8 Å². The Morgan fingerprint density at radius 1 is 1.25 bits per heavy atom. The highest BCUT2D eigenvalue weighted by molar-refractivity contribution is 5.92. The number of carbonyl (C=O) groups excluding carboxylic acids is 1. The summed E-state index contributed by atoms with van der Waals surface area (Å²) in [6.07, 6.45) is 0. The maximum Gasteiger partial charge on any atom is 0.272 e. The van der Waals surface area contributed by atoms with Crippen LogP contribution in [0, 0.1) is 0 Å². The van der Waals surface area contributed by atoms with Gasteiger partial charge in [-0.25, -0.2) is 15.0 Å². The highest BCUT2D eigenvalue weighted by Gasteiger charge is 2.18. The molecule has 0 atom stereocenters. The molecule has 0 unspecified atom stereocenters. The van der Waals surface area contributed by atoms with E-state index in [4.69, 9.17) is 5.73 Å². The van der Waals surface area contributed by atoms with E-state index in [9.17, 15) is 4.79 Å². The van der Waals surface area contributed by atoms with Gasteiger partial charge in [0.1, 0.15) is 11.5 Å². The first-order valence-electron chi connectivity index (χ1n) is 7.77. The second kappa shape index (κ2) is 6.27. The Hall–Kier alpha value is -2.96. The summed E-state index contributed by atoms with van der Waals surface area (Å²) in [7, 11) is 1.71. The number of hydrogen-bond acceptors (Lipinski definition) is 5. The molecule has 3 N–H and O–H groups in total. The number of imidazole rings is 1. The van der Waals surface area contributed by atoms with Gasteiger partial charge in [-0.1, -0.05) is 26.0 Å². The van der Waals surface area contributed by atoms with Crippen molar-refractivity contribution in [2.24, 2.45) is 0 Å². The minimum absolute atomic E-state index is 0.113. The van der Waals surface area contributed by atoms with Crippen molar-refractivity contribution in [2.45, 2.75) is 26.3 Å². The van der Waals surface area contributed by atoms with E-state index >= 15 is 0 Å². The highest BCUT2D eigenvalue weighted by atomic mass is 16.2. The number of nitrogens with two attached hydrogens (primary N) is 1. The van der Waals surface area contributed by atoms with Gasteiger partial charge in [0.25, 0.3) is 5.91 Å². The Morgan fingerprint density at radius 2 is 2.00 bits per heavy atom. The van der Waals surface area contributed by atoms with Crippen LogP contribution in [-0.4, -0.2) is 37.8 Å². The summed E-state index contributed by atoms with van der Waals surface area (Å²) >= 11 is 0. The molecule has 0 aliphatic rings. The Bertz CT molecular complexity index is 853. The van der Waals surface area contributed by atoms with Gasteiger partial charge in [0.15, 0.2) is 0 Å². The molecule has 3 rings (SSSR count). The normalized spacial score (nSPS) is 11.2. The van der Waals surface area contributed by atoms with Crippen LogP contribution >= 0.6 is 0 Å². The monoisotopic (exact) mass is 324 g/mol. The van der Waals surface area contributed by atoms with Crippen molar-refractivity contribution in [3.8, 4) is 0 Å². The molecule has 0 saturated carbocycles. The van der Waals surface area contributed by atoms with Crippen LogP contribution in [0.2, 0.25) is 0 Å². The Balaban J connectivity index is 1.81. The van der Waals surface area contributed by atoms with Crippen LogP contribution < -0.4 is 5.73 Å². The van der Waals surface area contributed by atoms with E-state index in [2.05, 4.69) is 19.9 Å². The van der Waals surface area contributed by atoms with Crippen molar-refractivity contribution in [3.63, 3.8) is 0 Å². The molecule has 0 aliphatic carbocycles. The Labute approximate surface area is 139 Å². The molecule has 0 aliphatic heterocycles. The minimum Gasteiger partial charge on any atom is -0.368 e. The molecule has 0 fully saturated rings. The van der Waals surface area contributed by atoms with Gasteiger partial charge < -0.3 is 15.6 Å². The molecule has 2 heterocycles. The number of aromatic amines is 1. The molecule has 24 heavy (non-hydrogen) atoms. The van der Waals surface area contributed by atoms with Crippen LogP contribution in [0.4, 0.5) is 5.95 Å². The predicted molar refractivity (Wildman–Crippen MR) is 92.4 cm³/mol. The summed E-state index contributed by atoms with van der Waals surface area (Å²) < 4.78 is 0. The van der Waals surface area contributed by atoms with Gasteiger partial charge in [0.2, 0.25) is 5.95 Å². The van der Waals surface area contributed by atoms with E-state index in [1.807, 2.05) is 38.1 Å². The number of H-pyrrole nitrogens is 1. The average Bonchev–Trinajstić information content (AvgIpc) is 2.95. The quantitative estimate of drug-likeness (QED) is 0.767. The van der Waals surface area contributed by atoms with E-state index in [1.54, 1.807) is 18.0 Å². The van der Waals surface area contributed by atoms with Gasteiger partial charge >= 0.3 is 0 Å². The van der Waals surface area contributed by atoms with Crippen LogP contribution in [0.15, 0.2) is 30.3 Å². The van der Waals surface area contributed by atoms with Crippen molar-refractivity contribution < 1.29 is 4.79 Å². The maximum absolute atomic E-state index is 12.6. The number of anilines is 1. The standard InChI is InChI=1S/C17H20N6O/c1-10(2)13-8-14(22-17(18)21-13)16(24)23(3)9-15-19-11-6-4-5-7-12(11)20-15/h4-8,10H,9H2,1-3H3,(H,19,20)(H2,18,21,22). The second-order valence-electron chi connectivity index (χ2n) is 6.05. The number of rotatable bonds is 4. The minimum atomic E-state index is -0.216. The van der Waals surface area contributed by atoms with Crippen LogP contribution in [0.1, 0.15) is 41.8 Å². The van der Waals surface area contributed by atoms with Crippen LogP contribution in [0.3, 0.4) is 0 Å². The first kappa shape index (κ1) is 15.9. The fraction of sp³-hybridized carbons (Fsp3) is 0.294. The van der Waals surface area contributed by atoms with Crippen LogP contribution in [-0.2, 0) is 6.54 Å². The fourth-order valence-electron chi connectivity index (χ4n) is 2.46. The lowest BCUT2D eigenvalue weighted by Crippen LogP contribution is -2.28. The number of para-hydroxylation sites is 2. The van der Waals surface area contributed by atoms with Crippen LogP contribution in [0.25, 0.3) is 11.0 Å². The number of aromatic nitrogens is 4. The van der Waals surface area contributed by atoms with E-state index in [0.29, 0.717) is 12.2 Å². The second-order valence-corrected chi connectivity index (χ2v) is 6.05. The molecule has 0 spiro atoms. The van der Waals surface area contributed by atoms with Gasteiger partial charge in [-0.15, -0.1) is 0 Å². The smallest absolute Gasteiger partial charge is 0.272 e. The van der Waals surface area contributed by atoms with Crippen molar-refractivity contribution in [2.75, 3.05) is 12.8 Å². The molecule has 7 nitrogen and oxygen atoms in total. The van der Waals surface area contributed by atoms with Crippen molar-refractivity contribution >= 4 is 22.9 Å².